The molecule has 0 aliphatic carbocycles. The molecule has 0 saturated heterocycles. The Labute approximate surface area is 63.7 Å². The molecule has 1 N–H and O–H groups in total. The average Bonchev–Trinajstić information content (AvgIpc) is 1.87. The van der Waals surface area contributed by atoms with E-state index in [2.05, 4.69) is 4.74 Å². The van der Waals surface area contributed by atoms with E-state index in [1.54, 1.807) is 6.92 Å². The Morgan fingerprint density at radius 3 is 2.80 bits per heavy atom. The summed E-state index contributed by atoms with van der Waals surface area (Å²) < 4.78 is 8.82. The van der Waals surface area contributed by atoms with Gasteiger partial charge < -0.3 is 14.6 Å². The number of hydrogen-bond acceptors (Lipinski definition) is 3. The Bertz CT molecular complexity index is 106. The van der Waals surface area contributed by atoms with Crippen LogP contribution in [0.2, 0.25) is 0 Å². The van der Waals surface area contributed by atoms with Gasteiger partial charge >= 0.3 is 6.16 Å². The van der Waals surface area contributed by atoms with Gasteiger partial charge in [-0.3, -0.25) is 0 Å². The van der Waals surface area contributed by atoms with Crippen molar-refractivity contribution in [3.05, 3.63) is 0 Å². The SMILES string of the molecule is CC(CCl)OCOC(=O)O. The zero-order valence-electron chi connectivity index (χ0n) is 5.54. The number of rotatable bonds is 4. The molecule has 10 heavy (non-hydrogen) atoms. The maximum atomic E-state index is 9.73. The van der Waals surface area contributed by atoms with Gasteiger partial charge in [-0.1, -0.05) is 0 Å². The lowest BCUT2D eigenvalue weighted by Gasteiger charge is -2.07. The van der Waals surface area contributed by atoms with Crippen LogP contribution in [0.15, 0.2) is 0 Å². The molecule has 0 amide bonds. The molecule has 0 saturated carbocycles. The first kappa shape index (κ1) is 9.52. The smallest absolute Gasteiger partial charge is 0.450 e. The topological polar surface area (TPSA) is 55.8 Å². The number of carboxylic acid groups (broad SMARTS) is 1. The molecule has 0 aromatic rings. The van der Waals surface area contributed by atoms with E-state index in [4.69, 9.17) is 21.4 Å². The number of hydrogen-bond donors (Lipinski definition) is 1. The average molecular weight is 169 g/mol. The number of alkyl halides is 1. The fourth-order valence-electron chi connectivity index (χ4n) is 0.245. The van der Waals surface area contributed by atoms with E-state index in [1.165, 1.54) is 0 Å². The van der Waals surface area contributed by atoms with Crippen LogP contribution >= 0.6 is 11.6 Å². The van der Waals surface area contributed by atoms with Crippen LogP contribution in [0.5, 0.6) is 0 Å². The van der Waals surface area contributed by atoms with Gasteiger partial charge in [0.2, 0.25) is 0 Å². The highest BCUT2D eigenvalue weighted by atomic mass is 35.5. The van der Waals surface area contributed by atoms with Gasteiger partial charge in [0.1, 0.15) is 0 Å². The lowest BCUT2D eigenvalue weighted by atomic mass is 10.5. The summed E-state index contributed by atoms with van der Waals surface area (Å²) in [4.78, 5) is 9.73. The summed E-state index contributed by atoms with van der Waals surface area (Å²) >= 11 is 5.34. The van der Waals surface area contributed by atoms with Gasteiger partial charge in [-0.15, -0.1) is 11.6 Å². The first-order chi connectivity index (χ1) is 4.66. The second kappa shape index (κ2) is 5.32. The van der Waals surface area contributed by atoms with E-state index in [0.717, 1.165) is 0 Å². The van der Waals surface area contributed by atoms with E-state index in [1.807, 2.05) is 0 Å². The molecule has 0 aliphatic rings. The van der Waals surface area contributed by atoms with Gasteiger partial charge in [-0.25, -0.2) is 4.79 Å². The van der Waals surface area contributed by atoms with Gasteiger partial charge in [0, 0.05) is 5.88 Å². The zero-order chi connectivity index (χ0) is 7.98. The van der Waals surface area contributed by atoms with Crippen molar-refractivity contribution in [3.63, 3.8) is 0 Å². The van der Waals surface area contributed by atoms with Gasteiger partial charge in [0.25, 0.3) is 0 Å². The highest BCUT2D eigenvalue weighted by molar-refractivity contribution is 6.18. The van der Waals surface area contributed by atoms with Crippen molar-refractivity contribution in [3.8, 4) is 0 Å². The third-order valence-electron chi connectivity index (χ3n) is 0.752. The van der Waals surface area contributed by atoms with Crippen molar-refractivity contribution < 1.29 is 19.4 Å². The van der Waals surface area contributed by atoms with Gasteiger partial charge in [0.15, 0.2) is 6.79 Å². The molecule has 0 fully saturated rings. The monoisotopic (exact) mass is 168 g/mol. The van der Waals surface area contributed by atoms with E-state index < -0.39 is 6.16 Å². The number of carbonyl (C=O) groups is 1. The molecular formula is C5H9ClO4. The fraction of sp³-hybridized carbons (Fsp3) is 0.800. The number of ether oxygens (including phenoxy) is 2. The summed E-state index contributed by atoms with van der Waals surface area (Å²) in [5.41, 5.74) is 0. The molecule has 1 unspecified atom stereocenters. The van der Waals surface area contributed by atoms with Crippen LogP contribution in [-0.2, 0) is 9.47 Å². The zero-order valence-corrected chi connectivity index (χ0v) is 6.30. The molecule has 0 aromatic carbocycles. The van der Waals surface area contributed by atoms with Crippen molar-refractivity contribution in [1.82, 2.24) is 0 Å². The molecule has 1 atom stereocenters. The highest BCUT2D eigenvalue weighted by Gasteiger charge is 2.00. The van der Waals surface area contributed by atoms with Crippen molar-refractivity contribution in [2.24, 2.45) is 0 Å². The third-order valence-corrected chi connectivity index (χ3v) is 1.19. The lowest BCUT2D eigenvalue weighted by molar-refractivity contribution is -0.0569. The van der Waals surface area contributed by atoms with Crippen molar-refractivity contribution >= 4 is 17.8 Å². The molecule has 60 valence electrons. The predicted molar refractivity (Wildman–Crippen MR) is 35.2 cm³/mol. The quantitative estimate of drug-likeness (QED) is 0.390. The van der Waals surface area contributed by atoms with Gasteiger partial charge in [-0.2, -0.15) is 0 Å². The third kappa shape index (κ3) is 5.65. The van der Waals surface area contributed by atoms with E-state index >= 15 is 0 Å². The second-order valence-corrected chi connectivity index (χ2v) is 1.97. The standard InChI is InChI=1S/C5H9ClO4/c1-4(2-6)9-3-10-5(7)8/h4H,2-3H2,1H3,(H,7,8). The molecule has 5 heteroatoms. The van der Waals surface area contributed by atoms with Gasteiger partial charge in [0.05, 0.1) is 6.10 Å². The maximum Gasteiger partial charge on any atom is 0.507 e. The van der Waals surface area contributed by atoms with E-state index in [9.17, 15) is 4.79 Å². The molecule has 4 nitrogen and oxygen atoms in total. The van der Waals surface area contributed by atoms with Gasteiger partial charge in [-0.05, 0) is 6.92 Å². The second-order valence-electron chi connectivity index (χ2n) is 1.66. The van der Waals surface area contributed by atoms with Crippen LogP contribution in [0.3, 0.4) is 0 Å². The molecular weight excluding hydrogens is 160 g/mol. The van der Waals surface area contributed by atoms with E-state index in [0.29, 0.717) is 5.88 Å². The molecule has 0 aromatic heterocycles. The maximum absolute atomic E-state index is 9.73. The normalized spacial score (nSPS) is 12.6. The van der Waals surface area contributed by atoms with Crippen molar-refractivity contribution in [1.29, 1.82) is 0 Å². The van der Waals surface area contributed by atoms with Crippen LogP contribution in [0.1, 0.15) is 6.92 Å². The van der Waals surface area contributed by atoms with Crippen LogP contribution < -0.4 is 0 Å². The number of halogens is 1. The minimum absolute atomic E-state index is 0.180. The predicted octanol–water partition coefficient (Wildman–Crippen LogP) is 1.28. The summed E-state index contributed by atoms with van der Waals surface area (Å²) in [6, 6.07) is 0. The summed E-state index contributed by atoms with van der Waals surface area (Å²) in [6.45, 7) is 1.46. The minimum Gasteiger partial charge on any atom is -0.450 e. The van der Waals surface area contributed by atoms with Crippen LogP contribution in [0.25, 0.3) is 0 Å². The summed E-state index contributed by atoms with van der Waals surface area (Å²) in [7, 11) is 0. The van der Waals surface area contributed by atoms with Crippen molar-refractivity contribution in [2.75, 3.05) is 12.7 Å². The molecule has 0 radical (unpaired) electrons. The molecule has 0 bridgehead atoms. The fourth-order valence-corrected chi connectivity index (χ4v) is 0.334. The first-order valence-electron chi connectivity index (χ1n) is 2.70. The van der Waals surface area contributed by atoms with E-state index in [-0.39, 0.29) is 12.9 Å². The molecule has 0 rings (SSSR count). The highest BCUT2D eigenvalue weighted by Crippen LogP contribution is 1.93. The molecule has 0 aliphatic heterocycles. The molecule has 0 spiro atoms. The van der Waals surface area contributed by atoms with Crippen LogP contribution in [0, 0.1) is 0 Å². The Morgan fingerprint density at radius 1 is 1.80 bits per heavy atom. The largest absolute Gasteiger partial charge is 0.507 e. The first-order valence-corrected chi connectivity index (χ1v) is 3.23. The van der Waals surface area contributed by atoms with Crippen LogP contribution in [0.4, 0.5) is 4.79 Å². The van der Waals surface area contributed by atoms with Crippen molar-refractivity contribution in [2.45, 2.75) is 13.0 Å². The Kier molecular flexibility index (Phi) is 5.06. The Morgan fingerprint density at radius 2 is 2.40 bits per heavy atom. The minimum atomic E-state index is -1.35. The Hall–Kier alpha value is -0.480. The lowest BCUT2D eigenvalue weighted by Crippen LogP contribution is -2.14. The van der Waals surface area contributed by atoms with Crippen LogP contribution in [-0.4, -0.2) is 30.0 Å². The molecule has 0 heterocycles. The summed E-state index contributed by atoms with van der Waals surface area (Å²) in [5.74, 6) is 0.322. The summed E-state index contributed by atoms with van der Waals surface area (Å²) in [6.07, 6.45) is -1.53. The summed E-state index contributed by atoms with van der Waals surface area (Å²) in [5, 5.41) is 7.96. The Balaban J connectivity index is 3.11.